The fourth-order valence-electron chi connectivity index (χ4n) is 7.10. The molecular weight excluding hydrogens is 528 g/mol. The second kappa shape index (κ2) is 8.37. The molecule has 0 aliphatic carbocycles. The molecule has 43 heavy (non-hydrogen) atoms. The summed E-state index contributed by atoms with van der Waals surface area (Å²) in [4.78, 5) is 0. The van der Waals surface area contributed by atoms with Crippen LogP contribution < -0.4 is 0 Å². The Morgan fingerprint density at radius 2 is 1.00 bits per heavy atom. The van der Waals surface area contributed by atoms with E-state index in [1.165, 1.54) is 38.2 Å². The summed E-state index contributed by atoms with van der Waals surface area (Å²) in [5.74, 6) is 0. The van der Waals surface area contributed by atoms with Crippen LogP contribution in [0.4, 0.5) is 0 Å². The first kappa shape index (κ1) is 22.8. The number of hydrogen-bond acceptors (Lipinski definition) is 3. The van der Waals surface area contributed by atoms with Crippen LogP contribution in [0.3, 0.4) is 0 Å². The van der Waals surface area contributed by atoms with Gasteiger partial charge in [0.1, 0.15) is 27.9 Å². The maximum atomic E-state index is 6.31. The van der Waals surface area contributed by atoms with Gasteiger partial charge in [0.15, 0.2) is 0 Å². The minimum absolute atomic E-state index is 0.833. The van der Waals surface area contributed by atoms with Crippen molar-refractivity contribution in [1.82, 2.24) is 0 Å². The molecule has 0 aliphatic heterocycles. The van der Waals surface area contributed by atoms with Crippen molar-refractivity contribution < 1.29 is 13.3 Å². The molecule has 0 aliphatic rings. The van der Waals surface area contributed by atoms with Gasteiger partial charge in [-0.1, -0.05) is 84.9 Å². The first-order chi connectivity index (χ1) is 21.3. The van der Waals surface area contributed by atoms with Crippen molar-refractivity contribution in [3.05, 3.63) is 134 Å². The monoisotopic (exact) mass is 550 g/mol. The number of benzene rings is 7. The van der Waals surface area contributed by atoms with Crippen molar-refractivity contribution in [1.29, 1.82) is 0 Å². The van der Waals surface area contributed by atoms with Crippen LogP contribution in [0.1, 0.15) is 0 Å². The van der Waals surface area contributed by atoms with Crippen LogP contribution in [0.25, 0.3) is 98.6 Å². The zero-order valence-corrected chi connectivity index (χ0v) is 22.9. The van der Waals surface area contributed by atoms with E-state index in [9.17, 15) is 0 Å². The number of furan rings is 3. The normalized spacial score (nSPS) is 12.2. The number of rotatable bonds is 2. The number of fused-ring (bicyclic) bond motifs is 9. The molecule has 0 N–H and O–H groups in total. The van der Waals surface area contributed by atoms with E-state index in [1.807, 2.05) is 24.3 Å². The summed E-state index contributed by atoms with van der Waals surface area (Å²) in [6.07, 6.45) is 1.73. The molecule has 10 aromatic rings. The fourth-order valence-corrected chi connectivity index (χ4v) is 7.10. The molecule has 0 unspecified atom stereocenters. The third kappa shape index (κ3) is 3.14. The van der Waals surface area contributed by atoms with Gasteiger partial charge in [0, 0.05) is 33.0 Å². The van der Waals surface area contributed by atoms with E-state index in [4.69, 9.17) is 13.3 Å². The maximum Gasteiger partial charge on any atom is 0.139 e. The average molecular weight is 551 g/mol. The minimum Gasteiger partial charge on any atom is -0.464 e. The van der Waals surface area contributed by atoms with Crippen molar-refractivity contribution in [2.24, 2.45) is 0 Å². The van der Waals surface area contributed by atoms with Crippen LogP contribution in [0.15, 0.2) is 147 Å². The second-order valence-electron chi connectivity index (χ2n) is 11.2. The van der Waals surface area contributed by atoms with Crippen LogP contribution in [0.5, 0.6) is 0 Å². The van der Waals surface area contributed by atoms with E-state index >= 15 is 0 Å². The van der Waals surface area contributed by atoms with Gasteiger partial charge >= 0.3 is 0 Å². The summed E-state index contributed by atoms with van der Waals surface area (Å²) < 4.78 is 18.2. The summed E-state index contributed by atoms with van der Waals surface area (Å²) in [6, 6.07) is 45.0. The van der Waals surface area contributed by atoms with Crippen molar-refractivity contribution in [2.45, 2.75) is 0 Å². The molecule has 3 heterocycles. The summed E-state index contributed by atoms with van der Waals surface area (Å²) in [6.45, 7) is 0. The Labute approximate surface area is 245 Å². The summed E-state index contributed by atoms with van der Waals surface area (Å²) >= 11 is 0. The molecule has 0 spiro atoms. The number of hydrogen-bond donors (Lipinski definition) is 0. The Hall–Kier alpha value is -5.80. The van der Waals surface area contributed by atoms with E-state index in [0.29, 0.717) is 0 Å². The Balaban J connectivity index is 1.32. The standard InChI is InChI=1S/C40H22O3/c1-3-10-27-25(8-1)38(24-16-17-34-31(21-24)32-20-23-18-19-41-36(23)22-37(32)43-34)26-9-2-4-11-28(26)39(27)30-13-7-15-35-40(30)29-12-5-6-14-33(29)42-35/h1-22H. The Kier molecular flexibility index (Phi) is 4.45. The summed E-state index contributed by atoms with van der Waals surface area (Å²) in [5, 5.41) is 10.4. The molecule has 0 amide bonds. The Morgan fingerprint density at radius 3 is 1.79 bits per heavy atom. The third-order valence-electron chi connectivity index (χ3n) is 8.94. The zero-order chi connectivity index (χ0) is 28.1. The predicted molar refractivity (Wildman–Crippen MR) is 177 cm³/mol. The molecule has 0 bridgehead atoms. The summed E-state index contributed by atoms with van der Waals surface area (Å²) in [5.41, 5.74) is 9.14. The van der Waals surface area contributed by atoms with Gasteiger partial charge < -0.3 is 13.3 Å². The predicted octanol–water partition coefficient (Wildman–Crippen LogP) is 11.9. The highest BCUT2D eigenvalue weighted by Gasteiger charge is 2.20. The van der Waals surface area contributed by atoms with E-state index < -0.39 is 0 Å². The SMILES string of the molecule is c1ccc2c(c1)oc1cccc(-c3c4ccccc4c(-c4ccc5oc6cc7occc7cc6c5c4)c4ccccc34)c12. The van der Waals surface area contributed by atoms with E-state index in [1.54, 1.807) is 6.26 Å². The lowest BCUT2D eigenvalue weighted by Crippen LogP contribution is -1.91. The van der Waals surface area contributed by atoms with Gasteiger partial charge in [-0.3, -0.25) is 0 Å². The van der Waals surface area contributed by atoms with Crippen molar-refractivity contribution >= 4 is 76.4 Å². The van der Waals surface area contributed by atoms with Crippen molar-refractivity contribution in [3.63, 3.8) is 0 Å². The lowest BCUT2D eigenvalue weighted by atomic mass is 9.84. The van der Waals surface area contributed by atoms with Crippen molar-refractivity contribution in [2.75, 3.05) is 0 Å². The molecule has 3 aromatic heterocycles. The molecular formula is C40H22O3. The molecule has 7 aromatic carbocycles. The highest BCUT2D eigenvalue weighted by Crippen LogP contribution is 2.47. The second-order valence-corrected chi connectivity index (χ2v) is 11.2. The first-order valence-corrected chi connectivity index (χ1v) is 14.5. The van der Waals surface area contributed by atoms with Gasteiger partial charge in [-0.2, -0.15) is 0 Å². The van der Waals surface area contributed by atoms with Crippen molar-refractivity contribution in [3.8, 4) is 22.3 Å². The van der Waals surface area contributed by atoms with Gasteiger partial charge in [-0.05, 0) is 80.2 Å². The van der Waals surface area contributed by atoms with Crippen LogP contribution in [0.2, 0.25) is 0 Å². The molecule has 0 saturated carbocycles. The fraction of sp³-hybridized carbons (Fsp3) is 0. The van der Waals surface area contributed by atoms with Gasteiger partial charge in [0.25, 0.3) is 0 Å². The molecule has 3 heteroatoms. The number of para-hydroxylation sites is 1. The first-order valence-electron chi connectivity index (χ1n) is 14.5. The van der Waals surface area contributed by atoms with Gasteiger partial charge in [-0.25, -0.2) is 0 Å². The van der Waals surface area contributed by atoms with Gasteiger partial charge in [0.2, 0.25) is 0 Å². The lowest BCUT2D eigenvalue weighted by Gasteiger charge is -2.18. The lowest BCUT2D eigenvalue weighted by molar-refractivity contribution is 0.613. The third-order valence-corrected chi connectivity index (χ3v) is 8.94. The molecule has 0 atom stereocenters. The Bertz CT molecular complexity index is 2680. The quantitative estimate of drug-likeness (QED) is 0.201. The maximum absolute atomic E-state index is 6.31. The van der Waals surface area contributed by atoms with Crippen LogP contribution in [-0.2, 0) is 0 Å². The molecule has 0 fully saturated rings. The van der Waals surface area contributed by atoms with Crippen LogP contribution in [-0.4, -0.2) is 0 Å². The van der Waals surface area contributed by atoms with E-state index in [2.05, 4.69) is 103 Å². The van der Waals surface area contributed by atoms with Crippen LogP contribution >= 0.6 is 0 Å². The molecule has 10 rings (SSSR count). The molecule has 0 saturated heterocycles. The molecule has 3 nitrogen and oxygen atoms in total. The van der Waals surface area contributed by atoms with E-state index in [0.717, 1.165) is 60.4 Å². The summed E-state index contributed by atoms with van der Waals surface area (Å²) in [7, 11) is 0. The van der Waals surface area contributed by atoms with Gasteiger partial charge in [0.05, 0.1) is 6.26 Å². The Morgan fingerprint density at radius 1 is 0.372 bits per heavy atom. The highest BCUT2D eigenvalue weighted by molar-refractivity contribution is 6.26. The van der Waals surface area contributed by atoms with E-state index in [-0.39, 0.29) is 0 Å². The largest absolute Gasteiger partial charge is 0.464 e. The van der Waals surface area contributed by atoms with Gasteiger partial charge in [-0.15, -0.1) is 0 Å². The zero-order valence-electron chi connectivity index (χ0n) is 22.9. The topological polar surface area (TPSA) is 39.4 Å². The minimum atomic E-state index is 0.833. The molecule has 0 radical (unpaired) electrons. The molecule has 200 valence electrons. The average Bonchev–Trinajstić information content (AvgIpc) is 3.77. The highest BCUT2D eigenvalue weighted by atomic mass is 16.3. The smallest absolute Gasteiger partial charge is 0.139 e. The van der Waals surface area contributed by atoms with Crippen LogP contribution in [0, 0.1) is 0 Å².